The molecule has 3 aromatic rings. The number of aryl methyl sites for hydroxylation is 1. The molecule has 0 radical (unpaired) electrons. The minimum Gasteiger partial charge on any atom is -0.383 e. The second-order valence-electron chi connectivity index (χ2n) is 5.81. The number of nitrogens with two attached hydrogens (primary N) is 1. The number of nitrogen functional groups attached to an aromatic ring is 1. The first-order valence-corrected chi connectivity index (χ1v) is 7.65. The van der Waals surface area contributed by atoms with Gasteiger partial charge in [-0.05, 0) is 30.5 Å². The van der Waals surface area contributed by atoms with Gasteiger partial charge in [0.15, 0.2) is 0 Å². The van der Waals surface area contributed by atoms with E-state index >= 15 is 0 Å². The van der Waals surface area contributed by atoms with Crippen LogP contribution in [-0.2, 0) is 13.0 Å². The van der Waals surface area contributed by atoms with E-state index in [9.17, 15) is 0 Å². The number of hydrogen-bond donors (Lipinski definition) is 2. The Balaban J connectivity index is 1.68. The van der Waals surface area contributed by atoms with E-state index in [-0.39, 0.29) is 0 Å². The Labute approximate surface area is 134 Å². The number of hydrogen-bond acceptors (Lipinski definition) is 5. The summed E-state index contributed by atoms with van der Waals surface area (Å²) < 4.78 is 0. The van der Waals surface area contributed by atoms with Crippen LogP contribution in [0.25, 0.3) is 11.1 Å². The zero-order chi connectivity index (χ0) is 15.8. The van der Waals surface area contributed by atoms with E-state index in [1.54, 1.807) is 6.20 Å². The molecular weight excluding hydrogens is 288 g/mol. The van der Waals surface area contributed by atoms with E-state index in [0.29, 0.717) is 5.82 Å². The minimum absolute atomic E-state index is 0.507. The number of imidazole rings is 1. The first-order valence-electron chi connectivity index (χ1n) is 7.65. The van der Waals surface area contributed by atoms with Crippen LogP contribution in [0.15, 0.2) is 36.9 Å². The quantitative estimate of drug-likeness (QED) is 0.776. The summed E-state index contributed by atoms with van der Waals surface area (Å²) >= 11 is 0. The van der Waals surface area contributed by atoms with Gasteiger partial charge in [-0.2, -0.15) is 0 Å². The van der Waals surface area contributed by atoms with Crippen molar-refractivity contribution >= 4 is 11.5 Å². The van der Waals surface area contributed by atoms with Crippen molar-refractivity contribution in [2.45, 2.75) is 19.9 Å². The third kappa shape index (κ3) is 2.52. The van der Waals surface area contributed by atoms with Crippen molar-refractivity contribution in [1.82, 2.24) is 19.9 Å². The van der Waals surface area contributed by atoms with E-state index in [4.69, 9.17) is 5.73 Å². The molecule has 0 saturated carbocycles. The Hall–Kier alpha value is -2.89. The third-order valence-corrected chi connectivity index (χ3v) is 4.24. The number of H-pyrrole nitrogens is 1. The van der Waals surface area contributed by atoms with Crippen molar-refractivity contribution in [3.8, 4) is 11.1 Å². The normalized spacial score (nSPS) is 13.3. The molecule has 116 valence electrons. The van der Waals surface area contributed by atoms with Crippen molar-refractivity contribution in [2.75, 3.05) is 17.2 Å². The van der Waals surface area contributed by atoms with Gasteiger partial charge >= 0.3 is 0 Å². The number of aromatic amines is 1. The van der Waals surface area contributed by atoms with E-state index in [1.165, 1.54) is 17.6 Å². The Bertz CT molecular complexity index is 854. The van der Waals surface area contributed by atoms with E-state index < -0.39 is 0 Å². The lowest BCUT2D eigenvalue weighted by Crippen LogP contribution is -2.19. The van der Waals surface area contributed by atoms with Gasteiger partial charge in [0.2, 0.25) is 0 Å². The molecule has 0 fully saturated rings. The first-order chi connectivity index (χ1) is 11.2. The van der Waals surface area contributed by atoms with Gasteiger partial charge in [0.1, 0.15) is 18.0 Å². The first kappa shape index (κ1) is 13.8. The fourth-order valence-electron chi connectivity index (χ4n) is 3.08. The van der Waals surface area contributed by atoms with Gasteiger partial charge in [-0.3, -0.25) is 0 Å². The van der Waals surface area contributed by atoms with Crippen LogP contribution in [0.2, 0.25) is 0 Å². The van der Waals surface area contributed by atoms with Crippen molar-refractivity contribution in [2.24, 2.45) is 0 Å². The maximum absolute atomic E-state index is 5.98. The topological polar surface area (TPSA) is 83.7 Å². The average molecular weight is 306 g/mol. The van der Waals surface area contributed by atoms with Crippen LogP contribution in [0.4, 0.5) is 11.5 Å². The molecule has 0 saturated heterocycles. The SMILES string of the molecule is Cc1nc(CN2CCc3ccc(-c4cncnc4N)cc32)c[nH]1. The van der Waals surface area contributed by atoms with Gasteiger partial charge in [0.05, 0.1) is 12.2 Å². The molecule has 1 aliphatic heterocycles. The minimum atomic E-state index is 0.507. The molecule has 3 heterocycles. The number of fused-ring (bicyclic) bond motifs is 1. The van der Waals surface area contributed by atoms with Crippen LogP contribution in [0.5, 0.6) is 0 Å². The third-order valence-electron chi connectivity index (χ3n) is 4.24. The highest BCUT2D eigenvalue weighted by Gasteiger charge is 2.21. The number of benzene rings is 1. The molecule has 6 heteroatoms. The molecule has 0 bridgehead atoms. The van der Waals surface area contributed by atoms with Gasteiger partial charge in [-0.25, -0.2) is 15.0 Å². The molecule has 6 nitrogen and oxygen atoms in total. The van der Waals surface area contributed by atoms with Gasteiger partial charge in [0.25, 0.3) is 0 Å². The Morgan fingerprint density at radius 2 is 2.26 bits per heavy atom. The maximum Gasteiger partial charge on any atom is 0.134 e. The summed E-state index contributed by atoms with van der Waals surface area (Å²) in [6.07, 6.45) is 6.26. The molecule has 1 aromatic carbocycles. The summed E-state index contributed by atoms with van der Waals surface area (Å²) in [7, 11) is 0. The largest absolute Gasteiger partial charge is 0.383 e. The van der Waals surface area contributed by atoms with Gasteiger partial charge in [-0.15, -0.1) is 0 Å². The monoisotopic (exact) mass is 306 g/mol. The molecule has 0 aliphatic carbocycles. The molecule has 0 amide bonds. The fraction of sp³-hybridized carbons (Fsp3) is 0.235. The van der Waals surface area contributed by atoms with Gasteiger partial charge < -0.3 is 15.6 Å². The lowest BCUT2D eigenvalue weighted by molar-refractivity contribution is 0.818. The van der Waals surface area contributed by atoms with Crippen molar-refractivity contribution < 1.29 is 0 Å². The highest BCUT2D eigenvalue weighted by Crippen LogP contribution is 2.34. The average Bonchev–Trinajstić information content (AvgIpc) is 3.14. The summed E-state index contributed by atoms with van der Waals surface area (Å²) in [5, 5.41) is 0. The molecule has 23 heavy (non-hydrogen) atoms. The second kappa shape index (κ2) is 5.39. The Kier molecular flexibility index (Phi) is 3.22. The number of anilines is 2. The van der Waals surface area contributed by atoms with Crippen LogP contribution in [-0.4, -0.2) is 26.5 Å². The van der Waals surface area contributed by atoms with Gasteiger partial charge in [-0.1, -0.05) is 12.1 Å². The van der Waals surface area contributed by atoms with E-state index in [2.05, 4.69) is 43.0 Å². The molecule has 0 unspecified atom stereocenters. The fourth-order valence-corrected chi connectivity index (χ4v) is 3.08. The zero-order valence-electron chi connectivity index (χ0n) is 13.0. The van der Waals surface area contributed by atoms with E-state index in [0.717, 1.165) is 42.2 Å². The lowest BCUT2D eigenvalue weighted by Gasteiger charge is -2.19. The maximum atomic E-state index is 5.98. The number of aromatic nitrogens is 4. The van der Waals surface area contributed by atoms with Crippen LogP contribution in [0.1, 0.15) is 17.1 Å². The summed E-state index contributed by atoms with van der Waals surface area (Å²) in [6, 6.07) is 6.44. The summed E-state index contributed by atoms with van der Waals surface area (Å²) in [6.45, 7) is 3.78. The smallest absolute Gasteiger partial charge is 0.134 e. The van der Waals surface area contributed by atoms with Crippen LogP contribution in [0, 0.1) is 6.92 Å². The highest BCUT2D eigenvalue weighted by molar-refractivity contribution is 5.77. The van der Waals surface area contributed by atoms with Crippen LogP contribution < -0.4 is 10.6 Å². The molecule has 1 aliphatic rings. The molecule has 0 spiro atoms. The Morgan fingerprint density at radius 1 is 1.35 bits per heavy atom. The number of rotatable bonds is 3. The lowest BCUT2D eigenvalue weighted by atomic mass is 10.0. The summed E-state index contributed by atoms with van der Waals surface area (Å²) in [5.74, 6) is 1.45. The van der Waals surface area contributed by atoms with Crippen LogP contribution >= 0.6 is 0 Å². The molecular formula is C17H18N6. The Morgan fingerprint density at radius 3 is 3.04 bits per heavy atom. The van der Waals surface area contributed by atoms with Crippen molar-refractivity contribution in [1.29, 1.82) is 0 Å². The second-order valence-corrected chi connectivity index (χ2v) is 5.81. The van der Waals surface area contributed by atoms with Crippen molar-refractivity contribution in [3.63, 3.8) is 0 Å². The standard InChI is InChI=1S/C17H18N6/c1-11-20-7-14(22-11)9-23-5-4-12-2-3-13(6-16(12)23)15-8-19-10-21-17(15)18/h2-3,6-8,10H,4-5,9H2,1H3,(H,20,22)(H2,18,19,21). The number of nitrogens with zero attached hydrogens (tertiary/aromatic N) is 4. The summed E-state index contributed by atoms with van der Waals surface area (Å²) in [5.41, 5.74) is 11.6. The molecule has 2 aromatic heterocycles. The van der Waals surface area contributed by atoms with Gasteiger partial charge in [0, 0.05) is 30.2 Å². The predicted octanol–water partition coefficient (Wildman–Crippen LogP) is 2.32. The predicted molar refractivity (Wildman–Crippen MR) is 90.0 cm³/mol. The molecule has 0 atom stereocenters. The highest BCUT2D eigenvalue weighted by atomic mass is 15.2. The summed E-state index contributed by atoms with van der Waals surface area (Å²) in [4.78, 5) is 18.2. The molecule has 3 N–H and O–H groups in total. The van der Waals surface area contributed by atoms with Crippen molar-refractivity contribution in [3.05, 3.63) is 54.0 Å². The van der Waals surface area contributed by atoms with E-state index in [1.807, 2.05) is 13.1 Å². The van der Waals surface area contributed by atoms with Crippen LogP contribution in [0.3, 0.4) is 0 Å². The zero-order valence-corrected chi connectivity index (χ0v) is 13.0. The number of nitrogens with one attached hydrogen (secondary N) is 1. The molecule has 4 rings (SSSR count).